The third kappa shape index (κ3) is 2.44. The molecule has 0 unspecified atom stereocenters. The smallest absolute Gasteiger partial charge is 0.138 e. The van der Waals surface area contributed by atoms with Crippen molar-refractivity contribution in [2.75, 3.05) is 0 Å². The number of fused-ring (bicyclic) bond motifs is 3. The Kier molecular flexibility index (Phi) is 3.87. The number of nitrogens with zero attached hydrogens (tertiary/aromatic N) is 2. The van der Waals surface area contributed by atoms with Crippen LogP contribution in [0.2, 0.25) is 15.3 Å². The van der Waals surface area contributed by atoms with E-state index in [4.69, 9.17) is 34.8 Å². The number of aromatic nitrogens is 3. The molecule has 120 valence electrons. The van der Waals surface area contributed by atoms with Crippen LogP contribution in [0.4, 0.5) is 0 Å². The molecule has 0 atom stereocenters. The number of aromatic amines is 1. The summed E-state index contributed by atoms with van der Waals surface area (Å²) in [5, 5.41) is 3.48. The third-order valence-corrected chi connectivity index (χ3v) is 4.83. The Balaban J connectivity index is 2.13. The largest absolute Gasteiger partial charge is 0.353 e. The molecule has 0 spiro atoms. The van der Waals surface area contributed by atoms with E-state index in [2.05, 4.69) is 21.9 Å². The lowest BCUT2D eigenvalue weighted by molar-refractivity contribution is 1.05. The van der Waals surface area contributed by atoms with Crippen molar-refractivity contribution >= 4 is 56.6 Å². The summed E-state index contributed by atoms with van der Waals surface area (Å²) in [5.41, 5.74) is 4.68. The molecule has 1 N–H and O–H groups in total. The number of hydrogen-bond acceptors (Lipinski definition) is 2. The first kappa shape index (κ1) is 15.7. The molecule has 3 heterocycles. The Morgan fingerprint density at radius 3 is 2.54 bits per heavy atom. The molecule has 0 amide bonds. The minimum Gasteiger partial charge on any atom is -0.353 e. The summed E-state index contributed by atoms with van der Waals surface area (Å²) >= 11 is 18.6. The first-order chi connectivity index (χ1) is 11.6. The summed E-state index contributed by atoms with van der Waals surface area (Å²) in [6.45, 7) is 2.08. The van der Waals surface area contributed by atoms with Gasteiger partial charge in [0.05, 0.1) is 16.7 Å². The van der Waals surface area contributed by atoms with Gasteiger partial charge in [0.2, 0.25) is 0 Å². The van der Waals surface area contributed by atoms with Crippen molar-refractivity contribution in [1.82, 2.24) is 15.0 Å². The van der Waals surface area contributed by atoms with Crippen molar-refractivity contribution < 1.29 is 0 Å². The molecule has 0 aliphatic carbocycles. The topological polar surface area (TPSA) is 41.6 Å². The van der Waals surface area contributed by atoms with Gasteiger partial charge >= 0.3 is 0 Å². The van der Waals surface area contributed by atoms with Gasteiger partial charge in [-0.1, -0.05) is 41.7 Å². The van der Waals surface area contributed by atoms with E-state index in [1.807, 2.05) is 30.5 Å². The van der Waals surface area contributed by atoms with Gasteiger partial charge in [-0.25, -0.2) is 4.98 Å². The minimum atomic E-state index is 0.346. The molecule has 0 fully saturated rings. The van der Waals surface area contributed by atoms with Crippen LogP contribution in [0.25, 0.3) is 32.9 Å². The van der Waals surface area contributed by atoms with Gasteiger partial charge in [0.15, 0.2) is 0 Å². The molecule has 24 heavy (non-hydrogen) atoms. The Labute approximate surface area is 153 Å². The number of hydrogen-bond donors (Lipinski definition) is 1. The number of H-pyrrole nitrogens is 1. The first-order valence-corrected chi connectivity index (χ1v) is 8.63. The highest BCUT2D eigenvalue weighted by atomic mass is 35.5. The Hall–Kier alpha value is -1.81. The van der Waals surface area contributed by atoms with Crippen LogP contribution in [-0.4, -0.2) is 15.0 Å². The number of halogens is 3. The molecule has 0 bridgehead atoms. The van der Waals surface area contributed by atoms with E-state index in [9.17, 15) is 0 Å². The molecule has 0 radical (unpaired) electrons. The zero-order valence-corrected chi connectivity index (χ0v) is 15.0. The number of benzene rings is 1. The molecule has 0 saturated heterocycles. The SMILES string of the molecule is CCc1nccc2c1[nH]c1c(-c3ccc(Cl)nc3Cl)cc(Cl)cc12. The van der Waals surface area contributed by atoms with Gasteiger partial charge in [0.25, 0.3) is 0 Å². The molecule has 3 aromatic heterocycles. The monoisotopic (exact) mass is 375 g/mol. The van der Waals surface area contributed by atoms with Crippen LogP contribution >= 0.6 is 34.8 Å². The van der Waals surface area contributed by atoms with E-state index < -0.39 is 0 Å². The average molecular weight is 377 g/mol. The predicted molar refractivity (Wildman–Crippen MR) is 101 cm³/mol. The van der Waals surface area contributed by atoms with E-state index in [0.29, 0.717) is 15.3 Å². The summed E-state index contributed by atoms with van der Waals surface area (Å²) in [5.74, 6) is 0. The van der Waals surface area contributed by atoms with Crippen molar-refractivity contribution in [2.45, 2.75) is 13.3 Å². The maximum absolute atomic E-state index is 6.37. The molecule has 0 saturated carbocycles. The fourth-order valence-corrected chi connectivity index (χ4v) is 3.71. The van der Waals surface area contributed by atoms with Crippen LogP contribution in [0.5, 0.6) is 0 Å². The van der Waals surface area contributed by atoms with Gasteiger partial charge in [-0.05, 0) is 36.8 Å². The summed E-state index contributed by atoms with van der Waals surface area (Å²) in [4.78, 5) is 12.1. The highest BCUT2D eigenvalue weighted by molar-refractivity contribution is 6.35. The fraction of sp³-hybridized carbons (Fsp3) is 0.111. The van der Waals surface area contributed by atoms with E-state index >= 15 is 0 Å². The highest BCUT2D eigenvalue weighted by Crippen LogP contribution is 2.38. The van der Waals surface area contributed by atoms with Gasteiger partial charge in [-0.15, -0.1) is 0 Å². The predicted octanol–water partition coefficient (Wildman–Crippen LogP) is 6.30. The van der Waals surface area contributed by atoms with Gasteiger partial charge in [0, 0.05) is 33.1 Å². The maximum atomic E-state index is 6.37. The lowest BCUT2D eigenvalue weighted by atomic mass is 10.0. The molecule has 0 aliphatic heterocycles. The van der Waals surface area contributed by atoms with Crippen LogP contribution < -0.4 is 0 Å². The molecule has 4 aromatic rings. The first-order valence-electron chi connectivity index (χ1n) is 7.49. The normalized spacial score (nSPS) is 11.5. The summed E-state index contributed by atoms with van der Waals surface area (Å²) in [6, 6.07) is 9.41. The van der Waals surface area contributed by atoms with Crippen molar-refractivity contribution in [3.05, 3.63) is 57.6 Å². The molecule has 1 aromatic carbocycles. The minimum absolute atomic E-state index is 0.346. The molecule has 3 nitrogen and oxygen atoms in total. The van der Waals surface area contributed by atoms with Crippen LogP contribution in [0.3, 0.4) is 0 Å². The van der Waals surface area contributed by atoms with Gasteiger partial charge < -0.3 is 4.98 Å². The quantitative estimate of drug-likeness (QED) is 0.417. The van der Waals surface area contributed by atoms with Crippen molar-refractivity contribution in [3.63, 3.8) is 0 Å². The van der Waals surface area contributed by atoms with Crippen LogP contribution in [0, 0.1) is 0 Å². The molecule has 6 heteroatoms. The van der Waals surface area contributed by atoms with Crippen LogP contribution in [0.15, 0.2) is 36.5 Å². The fourth-order valence-electron chi connectivity index (χ4n) is 3.04. The highest BCUT2D eigenvalue weighted by Gasteiger charge is 2.16. The van der Waals surface area contributed by atoms with Crippen molar-refractivity contribution in [2.24, 2.45) is 0 Å². The van der Waals surface area contributed by atoms with Crippen LogP contribution in [0.1, 0.15) is 12.6 Å². The standard InChI is InChI=1S/C18H12Cl3N3/c1-2-14-17-10(5-6-22-14)12-7-9(19)8-13(16(12)24-17)11-3-4-15(20)23-18(11)21/h3-8,24H,2H2,1H3. The number of aryl methyl sites for hydroxylation is 1. The van der Waals surface area contributed by atoms with Gasteiger partial charge in [0.1, 0.15) is 10.3 Å². The van der Waals surface area contributed by atoms with Gasteiger partial charge in [-0.2, -0.15) is 0 Å². The van der Waals surface area contributed by atoms with E-state index in [0.717, 1.165) is 45.0 Å². The lowest BCUT2D eigenvalue weighted by Crippen LogP contribution is -1.87. The Morgan fingerprint density at radius 2 is 1.79 bits per heavy atom. The zero-order chi connectivity index (χ0) is 16.8. The summed E-state index contributed by atoms with van der Waals surface area (Å²) in [6.07, 6.45) is 2.67. The summed E-state index contributed by atoms with van der Waals surface area (Å²) < 4.78 is 0. The third-order valence-electron chi connectivity index (χ3n) is 4.11. The Morgan fingerprint density at radius 1 is 0.958 bits per heavy atom. The van der Waals surface area contributed by atoms with Crippen molar-refractivity contribution in [1.29, 1.82) is 0 Å². The van der Waals surface area contributed by atoms with E-state index in [1.54, 1.807) is 6.07 Å². The zero-order valence-electron chi connectivity index (χ0n) is 12.7. The van der Waals surface area contributed by atoms with E-state index in [1.165, 1.54) is 0 Å². The number of nitrogens with one attached hydrogen (secondary N) is 1. The molecule has 4 rings (SSSR count). The van der Waals surface area contributed by atoms with Crippen LogP contribution in [-0.2, 0) is 6.42 Å². The summed E-state index contributed by atoms with van der Waals surface area (Å²) in [7, 11) is 0. The lowest BCUT2D eigenvalue weighted by Gasteiger charge is -2.07. The maximum Gasteiger partial charge on any atom is 0.138 e. The van der Waals surface area contributed by atoms with Gasteiger partial charge in [-0.3, -0.25) is 4.98 Å². The second-order valence-electron chi connectivity index (χ2n) is 5.51. The average Bonchev–Trinajstić information content (AvgIpc) is 2.93. The molecule has 0 aliphatic rings. The number of rotatable bonds is 2. The number of pyridine rings is 2. The van der Waals surface area contributed by atoms with E-state index in [-0.39, 0.29) is 0 Å². The second kappa shape index (κ2) is 5.92. The van der Waals surface area contributed by atoms with Crippen molar-refractivity contribution in [3.8, 4) is 11.1 Å². The molecular weight excluding hydrogens is 365 g/mol. The second-order valence-corrected chi connectivity index (χ2v) is 6.69. The molecular formula is C18H12Cl3N3. The Bertz CT molecular complexity index is 1090.